The Hall–Kier alpha value is -2.36. The van der Waals surface area contributed by atoms with Gasteiger partial charge in [0.1, 0.15) is 0 Å². The van der Waals surface area contributed by atoms with Crippen LogP contribution in [0.3, 0.4) is 0 Å². The predicted molar refractivity (Wildman–Crippen MR) is 69.4 cm³/mol. The standard InChI is InChI=1S/C14H13NO3/c1-9(16)3-4-11-8-15-13-7-10(14(17)18-2)5-6-12(11)13/h3-8,15H,1-2H3. The van der Waals surface area contributed by atoms with Crippen LogP contribution in [0.2, 0.25) is 0 Å². The Kier molecular flexibility index (Phi) is 3.28. The number of hydrogen-bond acceptors (Lipinski definition) is 3. The normalized spacial score (nSPS) is 11.0. The van der Waals surface area contributed by atoms with E-state index in [2.05, 4.69) is 9.72 Å². The molecular weight excluding hydrogens is 230 g/mol. The lowest BCUT2D eigenvalue weighted by Gasteiger charge is -1.99. The summed E-state index contributed by atoms with van der Waals surface area (Å²) in [6.45, 7) is 1.50. The summed E-state index contributed by atoms with van der Waals surface area (Å²) in [6.07, 6.45) is 5.06. The molecule has 0 spiro atoms. The number of rotatable bonds is 3. The zero-order chi connectivity index (χ0) is 13.1. The number of ketones is 1. The number of aromatic amines is 1. The quantitative estimate of drug-likeness (QED) is 0.665. The number of fused-ring (bicyclic) bond motifs is 1. The fourth-order valence-corrected chi connectivity index (χ4v) is 1.74. The molecule has 0 atom stereocenters. The number of nitrogens with one attached hydrogen (secondary N) is 1. The van der Waals surface area contributed by atoms with E-state index >= 15 is 0 Å². The Balaban J connectivity index is 2.43. The number of esters is 1. The molecule has 0 saturated heterocycles. The number of carbonyl (C=O) groups is 2. The molecule has 0 amide bonds. The summed E-state index contributed by atoms with van der Waals surface area (Å²) in [4.78, 5) is 25.3. The summed E-state index contributed by atoms with van der Waals surface area (Å²) < 4.78 is 4.66. The molecule has 18 heavy (non-hydrogen) atoms. The van der Waals surface area contributed by atoms with E-state index in [1.807, 2.05) is 6.07 Å². The van der Waals surface area contributed by atoms with Crippen molar-refractivity contribution in [3.8, 4) is 0 Å². The van der Waals surface area contributed by atoms with Crippen molar-refractivity contribution >= 4 is 28.7 Å². The Labute approximate surface area is 104 Å². The van der Waals surface area contributed by atoms with Gasteiger partial charge in [-0.25, -0.2) is 4.79 Å². The van der Waals surface area contributed by atoms with Crippen molar-refractivity contribution in [2.45, 2.75) is 6.92 Å². The van der Waals surface area contributed by atoms with Crippen molar-refractivity contribution in [3.63, 3.8) is 0 Å². The number of allylic oxidation sites excluding steroid dienone is 1. The van der Waals surface area contributed by atoms with Crippen LogP contribution in [0.1, 0.15) is 22.8 Å². The summed E-state index contributed by atoms with van der Waals surface area (Å²) in [5, 5.41) is 0.958. The molecule has 0 bridgehead atoms. The van der Waals surface area contributed by atoms with Crippen LogP contribution in [0.25, 0.3) is 17.0 Å². The highest BCUT2D eigenvalue weighted by molar-refractivity contribution is 5.99. The SMILES string of the molecule is COC(=O)c1ccc2c(C=CC(C)=O)c[nH]c2c1. The molecule has 4 heteroatoms. The maximum atomic E-state index is 11.4. The molecular formula is C14H13NO3. The number of aromatic nitrogens is 1. The lowest BCUT2D eigenvalue weighted by atomic mass is 10.1. The first kappa shape index (κ1) is 12.1. The van der Waals surface area contributed by atoms with Gasteiger partial charge in [-0.15, -0.1) is 0 Å². The largest absolute Gasteiger partial charge is 0.465 e. The molecule has 0 radical (unpaired) electrons. The summed E-state index contributed by atoms with van der Waals surface area (Å²) in [6, 6.07) is 5.26. The van der Waals surface area contributed by atoms with Crippen LogP contribution >= 0.6 is 0 Å². The Morgan fingerprint density at radius 1 is 1.33 bits per heavy atom. The number of benzene rings is 1. The van der Waals surface area contributed by atoms with Gasteiger partial charge in [-0.05, 0) is 36.8 Å². The van der Waals surface area contributed by atoms with Crippen LogP contribution in [-0.2, 0) is 9.53 Å². The second kappa shape index (κ2) is 4.87. The maximum Gasteiger partial charge on any atom is 0.337 e. The molecule has 0 fully saturated rings. The Morgan fingerprint density at radius 2 is 2.11 bits per heavy atom. The van der Waals surface area contributed by atoms with Crippen LogP contribution in [0, 0.1) is 0 Å². The van der Waals surface area contributed by atoms with Crippen molar-refractivity contribution in [3.05, 3.63) is 41.6 Å². The van der Waals surface area contributed by atoms with Crippen LogP contribution in [0.5, 0.6) is 0 Å². The van der Waals surface area contributed by atoms with Crippen molar-refractivity contribution in [1.82, 2.24) is 4.98 Å². The van der Waals surface area contributed by atoms with Crippen molar-refractivity contribution in [2.24, 2.45) is 0 Å². The predicted octanol–water partition coefficient (Wildman–Crippen LogP) is 2.56. The Bertz CT molecular complexity index is 638. The molecule has 92 valence electrons. The van der Waals surface area contributed by atoms with E-state index in [4.69, 9.17) is 0 Å². The maximum absolute atomic E-state index is 11.4. The third kappa shape index (κ3) is 2.32. The van der Waals surface area contributed by atoms with Gasteiger partial charge in [-0.1, -0.05) is 6.07 Å². The molecule has 0 aliphatic rings. The first-order valence-corrected chi connectivity index (χ1v) is 5.50. The van der Waals surface area contributed by atoms with E-state index in [1.165, 1.54) is 20.1 Å². The summed E-state index contributed by atoms with van der Waals surface area (Å²) in [5.41, 5.74) is 2.24. The minimum atomic E-state index is -0.368. The molecule has 0 aliphatic heterocycles. The second-order valence-corrected chi connectivity index (χ2v) is 3.94. The molecule has 4 nitrogen and oxygen atoms in total. The third-order valence-electron chi connectivity index (χ3n) is 2.63. The number of H-pyrrole nitrogens is 1. The molecule has 2 aromatic rings. The highest BCUT2D eigenvalue weighted by atomic mass is 16.5. The van der Waals surface area contributed by atoms with Gasteiger partial charge in [0.15, 0.2) is 5.78 Å². The van der Waals surface area contributed by atoms with E-state index in [-0.39, 0.29) is 11.8 Å². The van der Waals surface area contributed by atoms with Crippen LogP contribution in [0.4, 0.5) is 0 Å². The molecule has 1 N–H and O–H groups in total. The number of carbonyl (C=O) groups excluding carboxylic acids is 2. The topological polar surface area (TPSA) is 59.2 Å². The van der Waals surface area contributed by atoms with Crippen LogP contribution in [0.15, 0.2) is 30.5 Å². The molecule has 0 unspecified atom stereocenters. The summed E-state index contributed by atoms with van der Waals surface area (Å²) in [5.74, 6) is -0.372. The van der Waals surface area contributed by atoms with Crippen molar-refractivity contribution in [1.29, 1.82) is 0 Å². The number of hydrogen-bond donors (Lipinski definition) is 1. The fraction of sp³-hybridized carbons (Fsp3) is 0.143. The zero-order valence-corrected chi connectivity index (χ0v) is 10.2. The lowest BCUT2D eigenvalue weighted by Crippen LogP contribution is -2.00. The molecule has 1 aromatic carbocycles. The summed E-state index contributed by atoms with van der Waals surface area (Å²) in [7, 11) is 1.35. The van der Waals surface area contributed by atoms with Gasteiger partial charge < -0.3 is 9.72 Å². The minimum absolute atomic E-state index is 0.00414. The van der Waals surface area contributed by atoms with Gasteiger partial charge in [0.05, 0.1) is 12.7 Å². The van der Waals surface area contributed by atoms with Gasteiger partial charge in [0.2, 0.25) is 0 Å². The minimum Gasteiger partial charge on any atom is -0.465 e. The third-order valence-corrected chi connectivity index (χ3v) is 2.63. The van der Waals surface area contributed by atoms with Gasteiger partial charge >= 0.3 is 5.97 Å². The zero-order valence-electron chi connectivity index (χ0n) is 10.2. The van der Waals surface area contributed by atoms with E-state index in [9.17, 15) is 9.59 Å². The van der Waals surface area contributed by atoms with E-state index in [0.717, 1.165) is 16.5 Å². The van der Waals surface area contributed by atoms with Crippen molar-refractivity contribution < 1.29 is 14.3 Å². The molecule has 1 aromatic heterocycles. The number of methoxy groups -OCH3 is 1. The molecule has 2 rings (SSSR count). The fourth-order valence-electron chi connectivity index (χ4n) is 1.74. The first-order chi connectivity index (χ1) is 8.61. The molecule has 1 heterocycles. The van der Waals surface area contributed by atoms with Gasteiger partial charge in [0, 0.05) is 17.1 Å². The van der Waals surface area contributed by atoms with Crippen molar-refractivity contribution in [2.75, 3.05) is 7.11 Å². The first-order valence-electron chi connectivity index (χ1n) is 5.50. The smallest absolute Gasteiger partial charge is 0.337 e. The number of ether oxygens (including phenoxy) is 1. The monoisotopic (exact) mass is 243 g/mol. The molecule has 0 aliphatic carbocycles. The van der Waals surface area contributed by atoms with E-state index in [0.29, 0.717) is 5.56 Å². The van der Waals surface area contributed by atoms with Gasteiger partial charge in [-0.2, -0.15) is 0 Å². The van der Waals surface area contributed by atoms with Gasteiger partial charge in [0.25, 0.3) is 0 Å². The molecule has 0 saturated carbocycles. The summed E-state index contributed by atoms with van der Waals surface area (Å²) >= 11 is 0. The average molecular weight is 243 g/mol. The highest BCUT2D eigenvalue weighted by Gasteiger charge is 2.08. The highest BCUT2D eigenvalue weighted by Crippen LogP contribution is 2.21. The second-order valence-electron chi connectivity index (χ2n) is 3.94. The lowest BCUT2D eigenvalue weighted by molar-refractivity contribution is -0.112. The van der Waals surface area contributed by atoms with E-state index in [1.54, 1.807) is 24.4 Å². The van der Waals surface area contributed by atoms with Crippen LogP contribution in [-0.4, -0.2) is 23.8 Å². The van der Waals surface area contributed by atoms with Crippen LogP contribution < -0.4 is 0 Å². The van der Waals surface area contributed by atoms with E-state index < -0.39 is 0 Å². The van der Waals surface area contributed by atoms with Gasteiger partial charge in [-0.3, -0.25) is 4.79 Å². The average Bonchev–Trinajstić information content (AvgIpc) is 2.77. The Morgan fingerprint density at radius 3 is 2.78 bits per heavy atom.